The molecule has 2 atom stereocenters. The molecule has 0 aliphatic heterocycles. The summed E-state index contributed by atoms with van der Waals surface area (Å²) in [7, 11) is 3.69. The van der Waals surface area contributed by atoms with Crippen molar-refractivity contribution in [3.8, 4) is 0 Å². The fraction of sp³-hybridized carbons (Fsp3) is 1.00. The predicted octanol–water partition coefficient (Wildman–Crippen LogP) is 1.69. The molecular formula is C13H29NO3. The van der Waals surface area contributed by atoms with Crippen molar-refractivity contribution in [3.63, 3.8) is 0 Å². The molecule has 0 aliphatic carbocycles. The predicted molar refractivity (Wildman–Crippen MR) is 70.4 cm³/mol. The molecule has 104 valence electrons. The number of hydrogen-bond donors (Lipinski definition) is 1. The van der Waals surface area contributed by atoms with Crippen LogP contribution in [0.15, 0.2) is 0 Å². The highest BCUT2D eigenvalue weighted by molar-refractivity contribution is 4.69. The van der Waals surface area contributed by atoms with Crippen LogP contribution in [0, 0.1) is 5.92 Å². The lowest BCUT2D eigenvalue weighted by Gasteiger charge is -2.22. The number of hydrogen-bond acceptors (Lipinski definition) is 4. The third-order valence-electron chi connectivity index (χ3n) is 3.01. The Labute approximate surface area is 106 Å². The highest BCUT2D eigenvalue weighted by atomic mass is 16.5. The Hall–Kier alpha value is -0.160. The standard InChI is InChI=1S/C13H29NO3/c1-5-12(2)13(14-3)11-17-10-9-16-8-6-7-15-4/h12-14H,5-11H2,1-4H3. The van der Waals surface area contributed by atoms with Crippen molar-refractivity contribution >= 4 is 0 Å². The average Bonchev–Trinajstić information content (AvgIpc) is 2.36. The van der Waals surface area contributed by atoms with Crippen LogP contribution in [0.5, 0.6) is 0 Å². The van der Waals surface area contributed by atoms with Crippen LogP contribution >= 0.6 is 0 Å². The van der Waals surface area contributed by atoms with Crippen LogP contribution in [-0.2, 0) is 14.2 Å². The molecular weight excluding hydrogens is 218 g/mol. The van der Waals surface area contributed by atoms with Crippen molar-refractivity contribution < 1.29 is 14.2 Å². The Morgan fingerprint density at radius 1 is 1.06 bits per heavy atom. The lowest BCUT2D eigenvalue weighted by atomic mass is 10.0. The van der Waals surface area contributed by atoms with E-state index < -0.39 is 0 Å². The maximum absolute atomic E-state index is 5.60. The molecule has 0 aliphatic rings. The highest BCUT2D eigenvalue weighted by Gasteiger charge is 2.13. The van der Waals surface area contributed by atoms with Gasteiger partial charge in [-0.1, -0.05) is 20.3 Å². The lowest BCUT2D eigenvalue weighted by molar-refractivity contribution is 0.0281. The largest absolute Gasteiger partial charge is 0.385 e. The van der Waals surface area contributed by atoms with Gasteiger partial charge >= 0.3 is 0 Å². The Kier molecular flexibility index (Phi) is 12.2. The zero-order chi connectivity index (χ0) is 12.9. The number of nitrogens with one attached hydrogen (secondary N) is 1. The quantitative estimate of drug-likeness (QED) is 0.533. The van der Waals surface area contributed by atoms with Gasteiger partial charge in [-0.2, -0.15) is 0 Å². The van der Waals surface area contributed by atoms with Gasteiger partial charge in [-0.05, 0) is 19.4 Å². The normalized spacial score (nSPS) is 14.8. The average molecular weight is 247 g/mol. The molecule has 0 spiro atoms. The minimum Gasteiger partial charge on any atom is -0.385 e. The van der Waals surface area contributed by atoms with Crippen LogP contribution in [0.3, 0.4) is 0 Å². The van der Waals surface area contributed by atoms with Gasteiger partial charge < -0.3 is 19.5 Å². The molecule has 0 aromatic heterocycles. The van der Waals surface area contributed by atoms with E-state index in [1.807, 2.05) is 7.05 Å². The lowest BCUT2D eigenvalue weighted by Crippen LogP contribution is -2.36. The highest BCUT2D eigenvalue weighted by Crippen LogP contribution is 2.07. The van der Waals surface area contributed by atoms with E-state index in [9.17, 15) is 0 Å². The first-order valence-electron chi connectivity index (χ1n) is 6.57. The van der Waals surface area contributed by atoms with E-state index in [1.54, 1.807) is 7.11 Å². The summed E-state index contributed by atoms with van der Waals surface area (Å²) in [6.45, 7) is 8.05. The van der Waals surface area contributed by atoms with E-state index in [2.05, 4.69) is 19.2 Å². The first-order chi connectivity index (χ1) is 8.26. The second-order valence-corrected chi connectivity index (χ2v) is 4.31. The zero-order valence-corrected chi connectivity index (χ0v) is 11.8. The van der Waals surface area contributed by atoms with Gasteiger partial charge in [-0.3, -0.25) is 0 Å². The van der Waals surface area contributed by atoms with Gasteiger partial charge in [0, 0.05) is 26.4 Å². The minimum atomic E-state index is 0.438. The van der Waals surface area contributed by atoms with Crippen LogP contribution in [0.1, 0.15) is 26.7 Å². The first kappa shape index (κ1) is 16.8. The van der Waals surface area contributed by atoms with Crippen LogP contribution in [0.4, 0.5) is 0 Å². The summed E-state index contributed by atoms with van der Waals surface area (Å²) in [4.78, 5) is 0. The summed E-state index contributed by atoms with van der Waals surface area (Å²) >= 11 is 0. The molecule has 2 unspecified atom stereocenters. The summed E-state index contributed by atoms with van der Waals surface area (Å²) in [5.74, 6) is 0.641. The van der Waals surface area contributed by atoms with Gasteiger partial charge in [0.1, 0.15) is 0 Å². The van der Waals surface area contributed by atoms with Gasteiger partial charge in [-0.25, -0.2) is 0 Å². The molecule has 1 N–H and O–H groups in total. The van der Waals surface area contributed by atoms with Crippen molar-refractivity contribution in [3.05, 3.63) is 0 Å². The number of methoxy groups -OCH3 is 1. The topological polar surface area (TPSA) is 39.7 Å². The maximum atomic E-state index is 5.60. The van der Waals surface area contributed by atoms with Crippen LogP contribution in [0.25, 0.3) is 0 Å². The molecule has 0 aromatic carbocycles. The molecule has 0 bridgehead atoms. The van der Waals surface area contributed by atoms with E-state index in [-0.39, 0.29) is 0 Å². The zero-order valence-electron chi connectivity index (χ0n) is 11.8. The fourth-order valence-corrected chi connectivity index (χ4v) is 1.55. The first-order valence-corrected chi connectivity index (χ1v) is 6.57. The van der Waals surface area contributed by atoms with E-state index in [0.717, 1.165) is 26.2 Å². The smallest absolute Gasteiger partial charge is 0.0701 e. The SMILES string of the molecule is CCC(C)C(COCCOCCCOC)NC. The molecule has 0 fully saturated rings. The van der Waals surface area contributed by atoms with Gasteiger partial charge in [0.25, 0.3) is 0 Å². The summed E-state index contributed by atoms with van der Waals surface area (Å²) < 4.78 is 15.9. The van der Waals surface area contributed by atoms with Crippen LogP contribution in [0.2, 0.25) is 0 Å². The molecule has 0 saturated heterocycles. The molecule has 0 aromatic rings. The second-order valence-electron chi connectivity index (χ2n) is 4.31. The molecule has 4 nitrogen and oxygen atoms in total. The van der Waals surface area contributed by atoms with E-state index >= 15 is 0 Å². The van der Waals surface area contributed by atoms with Crippen LogP contribution in [-0.4, -0.2) is 53.2 Å². The van der Waals surface area contributed by atoms with Gasteiger partial charge in [0.15, 0.2) is 0 Å². The molecule has 17 heavy (non-hydrogen) atoms. The van der Waals surface area contributed by atoms with E-state index in [0.29, 0.717) is 25.2 Å². The fourth-order valence-electron chi connectivity index (χ4n) is 1.55. The molecule has 0 amide bonds. The van der Waals surface area contributed by atoms with Crippen molar-refractivity contribution in [2.75, 3.05) is 47.2 Å². The Morgan fingerprint density at radius 3 is 2.35 bits per heavy atom. The summed E-state index contributed by atoms with van der Waals surface area (Å²) in [5, 5.41) is 3.29. The summed E-state index contributed by atoms with van der Waals surface area (Å²) in [5.41, 5.74) is 0. The number of likely N-dealkylation sites (N-methyl/N-ethyl adjacent to an activating group) is 1. The molecule has 0 saturated carbocycles. The molecule has 0 heterocycles. The summed E-state index contributed by atoms with van der Waals surface area (Å²) in [6.07, 6.45) is 2.12. The van der Waals surface area contributed by atoms with E-state index in [1.165, 1.54) is 6.42 Å². The number of ether oxygens (including phenoxy) is 3. The monoisotopic (exact) mass is 247 g/mol. The van der Waals surface area contributed by atoms with Crippen molar-refractivity contribution in [2.45, 2.75) is 32.7 Å². The molecule has 4 heteroatoms. The van der Waals surface area contributed by atoms with Gasteiger partial charge in [0.05, 0.1) is 19.8 Å². The third-order valence-corrected chi connectivity index (χ3v) is 3.01. The Morgan fingerprint density at radius 2 is 1.76 bits per heavy atom. The maximum Gasteiger partial charge on any atom is 0.0701 e. The Bertz CT molecular complexity index is 156. The van der Waals surface area contributed by atoms with E-state index in [4.69, 9.17) is 14.2 Å². The second kappa shape index (κ2) is 12.3. The van der Waals surface area contributed by atoms with Crippen LogP contribution < -0.4 is 5.32 Å². The summed E-state index contributed by atoms with van der Waals surface area (Å²) in [6, 6.07) is 0.438. The molecule has 0 rings (SSSR count). The van der Waals surface area contributed by atoms with Gasteiger partial charge in [0.2, 0.25) is 0 Å². The Balaban J connectivity index is 3.31. The van der Waals surface area contributed by atoms with Crippen molar-refractivity contribution in [1.82, 2.24) is 5.32 Å². The van der Waals surface area contributed by atoms with Crippen molar-refractivity contribution in [1.29, 1.82) is 0 Å². The molecule has 0 radical (unpaired) electrons. The minimum absolute atomic E-state index is 0.438. The third kappa shape index (κ3) is 9.53. The number of rotatable bonds is 12. The van der Waals surface area contributed by atoms with Crippen molar-refractivity contribution in [2.24, 2.45) is 5.92 Å². The van der Waals surface area contributed by atoms with Gasteiger partial charge in [-0.15, -0.1) is 0 Å².